The predicted octanol–water partition coefficient (Wildman–Crippen LogP) is 4.03. The number of carbonyl (C=O) groups is 1. The van der Waals surface area contributed by atoms with Crippen molar-refractivity contribution >= 4 is 33.3 Å². The Kier molecular flexibility index (Phi) is 4.52. The summed E-state index contributed by atoms with van der Waals surface area (Å²) in [6, 6.07) is 12.4. The average Bonchev–Trinajstić information content (AvgIpc) is 2.45. The number of likely N-dealkylation sites (N-methyl/N-ethyl adjacent to an activating group) is 1. The zero-order valence-corrected chi connectivity index (χ0v) is 14.4. The van der Waals surface area contributed by atoms with Crippen LogP contribution >= 0.6 is 27.5 Å². The van der Waals surface area contributed by atoms with E-state index in [0.717, 1.165) is 17.6 Å². The van der Waals surface area contributed by atoms with Crippen LogP contribution in [0.1, 0.15) is 15.9 Å². The maximum Gasteiger partial charge on any atom is 0.196 e. The summed E-state index contributed by atoms with van der Waals surface area (Å²) in [6.45, 7) is 1.74. The molecule has 1 aliphatic rings. The van der Waals surface area contributed by atoms with Gasteiger partial charge in [0.1, 0.15) is 11.9 Å². The van der Waals surface area contributed by atoms with Crippen molar-refractivity contribution in [2.45, 2.75) is 6.10 Å². The molecule has 2 aromatic carbocycles. The number of carbonyl (C=O) groups excluding carboxylic acids is 1. The van der Waals surface area contributed by atoms with Crippen molar-refractivity contribution < 1.29 is 9.53 Å². The van der Waals surface area contributed by atoms with Gasteiger partial charge in [-0.1, -0.05) is 39.7 Å². The summed E-state index contributed by atoms with van der Waals surface area (Å²) in [5, 5.41) is 0.547. The molecule has 0 amide bonds. The summed E-state index contributed by atoms with van der Waals surface area (Å²) in [6.07, 6.45) is 0.130. The van der Waals surface area contributed by atoms with Crippen LogP contribution in [0.15, 0.2) is 46.9 Å². The minimum absolute atomic E-state index is 0.0855. The van der Waals surface area contributed by atoms with Crippen LogP contribution in [0.5, 0.6) is 5.75 Å². The third-order valence-corrected chi connectivity index (χ3v) is 4.33. The van der Waals surface area contributed by atoms with Gasteiger partial charge in [0.25, 0.3) is 0 Å². The largest absolute Gasteiger partial charge is 0.487 e. The molecule has 5 heteroatoms. The number of hydrogen-bond acceptors (Lipinski definition) is 3. The minimum Gasteiger partial charge on any atom is -0.487 e. The number of hydrogen-bond donors (Lipinski definition) is 0. The molecule has 1 fully saturated rings. The standard InChI is InChI=1S/C17H15BrClNO2/c1-20-9-14(10-20)22-16-8-12(18)5-6-15(16)17(21)11-3-2-4-13(19)7-11/h2-8,14H,9-10H2,1H3. The Morgan fingerprint density at radius 1 is 1.27 bits per heavy atom. The van der Waals surface area contributed by atoms with E-state index in [0.29, 0.717) is 21.9 Å². The van der Waals surface area contributed by atoms with Crippen LogP contribution in [0.25, 0.3) is 0 Å². The lowest BCUT2D eigenvalue weighted by atomic mass is 10.0. The second kappa shape index (κ2) is 6.41. The number of benzene rings is 2. The fourth-order valence-electron chi connectivity index (χ4n) is 2.46. The van der Waals surface area contributed by atoms with Gasteiger partial charge in [-0.2, -0.15) is 0 Å². The van der Waals surface area contributed by atoms with Gasteiger partial charge in [-0.15, -0.1) is 0 Å². The molecule has 2 aromatic rings. The van der Waals surface area contributed by atoms with Gasteiger partial charge in [0.15, 0.2) is 5.78 Å². The predicted molar refractivity (Wildman–Crippen MR) is 90.9 cm³/mol. The van der Waals surface area contributed by atoms with E-state index in [2.05, 4.69) is 20.8 Å². The van der Waals surface area contributed by atoms with E-state index in [4.69, 9.17) is 16.3 Å². The zero-order chi connectivity index (χ0) is 15.7. The van der Waals surface area contributed by atoms with E-state index in [1.165, 1.54) is 0 Å². The molecule has 0 aromatic heterocycles. The Balaban J connectivity index is 1.90. The smallest absolute Gasteiger partial charge is 0.196 e. The quantitative estimate of drug-likeness (QED) is 0.750. The first-order valence-electron chi connectivity index (χ1n) is 6.98. The van der Waals surface area contributed by atoms with Crippen LogP contribution in [0, 0.1) is 0 Å². The summed E-state index contributed by atoms with van der Waals surface area (Å²) in [7, 11) is 2.04. The average molecular weight is 381 g/mol. The molecular formula is C17H15BrClNO2. The van der Waals surface area contributed by atoms with Gasteiger partial charge in [-0.25, -0.2) is 0 Å². The van der Waals surface area contributed by atoms with E-state index in [9.17, 15) is 4.79 Å². The molecule has 0 N–H and O–H groups in total. The number of rotatable bonds is 4. The van der Waals surface area contributed by atoms with E-state index in [1.807, 2.05) is 19.2 Å². The van der Waals surface area contributed by atoms with Crippen LogP contribution in [0.4, 0.5) is 0 Å². The monoisotopic (exact) mass is 379 g/mol. The highest BCUT2D eigenvalue weighted by molar-refractivity contribution is 9.10. The highest BCUT2D eigenvalue weighted by atomic mass is 79.9. The molecular weight excluding hydrogens is 366 g/mol. The summed E-state index contributed by atoms with van der Waals surface area (Å²) in [4.78, 5) is 14.9. The van der Waals surface area contributed by atoms with Crippen LogP contribution < -0.4 is 4.74 Å². The Morgan fingerprint density at radius 3 is 2.73 bits per heavy atom. The first kappa shape index (κ1) is 15.5. The summed E-state index contributed by atoms with van der Waals surface area (Å²) >= 11 is 9.41. The first-order chi connectivity index (χ1) is 10.5. The molecule has 0 saturated carbocycles. The van der Waals surface area contributed by atoms with Crippen molar-refractivity contribution in [2.75, 3.05) is 20.1 Å². The number of ether oxygens (including phenoxy) is 1. The normalized spacial score (nSPS) is 15.4. The summed E-state index contributed by atoms with van der Waals surface area (Å²) < 4.78 is 6.87. The van der Waals surface area contributed by atoms with Crippen molar-refractivity contribution in [3.05, 3.63) is 63.1 Å². The lowest BCUT2D eigenvalue weighted by molar-refractivity contribution is 0.0381. The van der Waals surface area contributed by atoms with Crippen molar-refractivity contribution in [3.8, 4) is 5.75 Å². The van der Waals surface area contributed by atoms with Gasteiger partial charge in [0.05, 0.1) is 5.56 Å². The number of ketones is 1. The van der Waals surface area contributed by atoms with Gasteiger partial charge >= 0.3 is 0 Å². The highest BCUT2D eigenvalue weighted by Crippen LogP contribution is 2.28. The maximum absolute atomic E-state index is 12.7. The summed E-state index contributed by atoms with van der Waals surface area (Å²) in [5.41, 5.74) is 1.12. The summed E-state index contributed by atoms with van der Waals surface area (Å²) in [5.74, 6) is 0.523. The van der Waals surface area contributed by atoms with Crippen LogP contribution in [-0.4, -0.2) is 36.9 Å². The second-order valence-corrected chi connectivity index (χ2v) is 6.79. The van der Waals surface area contributed by atoms with Crippen LogP contribution in [0.2, 0.25) is 5.02 Å². The van der Waals surface area contributed by atoms with Crippen LogP contribution in [0.3, 0.4) is 0 Å². The van der Waals surface area contributed by atoms with E-state index in [-0.39, 0.29) is 11.9 Å². The van der Waals surface area contributed by atoms with E-state index in [1.54, 1.807) is 30.3 Å². The molecule has 1 saturated heterocycles. The highest BCUT2D eigenvalue weighted by Gasteiger charge is 2.26. The topological polar surface area (TPSA) is 29.5 Å². The Bertz CT molecular complexity index is 714. The molecule has 0 spiro atoms. The molecule has 114 valence electrons. The lowest BCUT2D eigenvalue weighted by Gasteiger charge is -2.36. The van der Waals surface area contributed by atoms with Crippen molar-refractivity contribution in [2.24, 2.45) is 0 Å². The molecule has 0 aliphatic carbocycles. The Labute approximate surface area is 143 Å². The fraction of sp³-hybridized carbons (Fsp3) is 0.235. The van der Waals surface area contributed by atoms with Gasteiger partial charge < -0.3 is 4.74 Å². The molecule has 0 bridgehead atoms. The van der Waals surface area contributed by atoms with Gasteiger partial charge in [-0.3, -0.25) is 9.69 Å². The molecule has 0 atom stereocenters. The molecule has 3 rings (SSSR count). The van der Waals surface area contributed by atoms with E-state index >= 15 is 0 Å². The van der Waals surface area contributed by atoms with Gasteiger partial charge in [0.2, 0.25) is 0 Å². The van der Waals surface area contributed by atoms with Crippen molar-refractivity contribution in [1.82, 2.24) is 4.90 Å². The molecule has 3 nitrogen and oxygen atoms in total. The second-order valence-electron chi connectivity index (χ2n) is 5.44. The molecule has 22 heavy (non-hydrogen) atoms. The number of nitrogens with zero attached hydrogens (tertiary/aromatic N) is 1. The maximum atomic E-state index is 12.7. The number of likely N-dealkylation sites (tertiary alicyclic amines) is 1. The van der Waals surface area contributed by atoms with Crippen molar-refractivity contribution in [3.63, 3.8) is 0 Å². The van der Waals surface area contributed by atoms with Gasteiger partial charge in [0, 0.05) is 28.1 Å². The Morgan fingerprint density at radius 2 is 2.05 bits per heavy atom. The first-order valence-corrected chi connectivity index (χ1v) is 8.15. The lowest BCUT2D eigenvalue weighted by Crippen LogP contribution is -2.51. The van der Waals surface area contributed by atoms with Crippen molar-refractivity contribution in [1.29, 1.82) is 0 Å². The zero-order valence-electron chi connectivity index (χ0n) is 12.1. The van der Waals surface area contributed by atoms with E-state index < -0.39 is 0 Å². The third kappa shape index (κ3) is 3.35. The van der Waals surface area contributed by atoms with Gasteiger partial charge in [-0.05, 0) is 37.4 Å². The SMILES string of the molecule is CN1CC(Oc2cc(Br)ccc2C(=O)c2cccc(Cl)c2)C1. The molecule has 0 radical (unpaired) electrons. The number of halogens is 2. The molecule has 0 unspecified atom stereocenters. The third-order valence-electron chi connectivity index (χ3n) is 3.60. The fourth-order valence-corrected chi connectivity index (χ4v) is 2.99. The Hall–Kier alpha value is -1.36. The molecule has 1 heterocycles. The minimum atomic E-state index is -0.0855. The molecule has 1 aliphatic heterocycles. The van der Waals surface area contributed by atoms with Crippen LogP contribution in [-0.2, 0) is 0 Å².